The lowest BCUT2D eigenvalue weighted by molar-refractivity contribution is 0.0426. The van der Waals surface area contributed by atoms with Crippen molar-refractivity contribution in [3.8, 4) is 0 Å². The maximum Gasteiger partial charge on any atom is 0.193 e. The molecule has 2 N–H and O–H groups in total. The minimum Gasteiger partial charge on any atom is -0.383 e. The standard InChI is InChI=1S/C19H26N4O/c1-20-18(23(3)13-16-8-6-12-22(16)2)21-14-19(24)11-10-15-7-4-5-9-17(15)19/h4-9,12,24H,10-11,13-14H2,1-3H3,(H,20,21). The van der Waals surface area contributed by atoms with Gasteiger partial charge < -0.3 is 19.9 Å². The number of nitrogens with one attached hydrogen (secondary N) is 1. The van der Waals surface area contributed by atoms with Gasteiger partial charge in [0.1, 0.15) is 5.60 Å². The van der Waals surface area contributed by atoms with Crippen molar-refractivity contribution in [3.63, 3.8) is 0 Å². The summed E-state index contributed by atoms with van der Waals surface area (Å²) < 4.78 is 2.10. The van der Waals surface area contributed by atoms with Gasteiger partial charge in [0.2, 0.25) is 0 Å². The Hall–Kier alpha value is -2.27. The highest BCUT2D eigenvalue weighted by atomic mass is 16.3. The van der Waals surface area contributed by atoms with Gasteiger partial charge in [0.05, 0.1) is 13.1 Å². The fourth-order valence-corrected chi connectivity index (χ4v) is 3.44. The summed E-state index contributed by atoms with van der Waals surface area (Å²) in [6.07, 6.45) is 3.71. The van der Waals surface area contributed by atoms with Crippen LogP contribution < -0.4 is 5.32 Å². The minimum atomic E-state index is -0.821. The quantitative estimate of drug-likeness (QED) is 0.666. The second-order valence-electron chi connectivity index (χ2n) is 6.56. The van der Waals surface area contributed by atoms with Crippen molar-refractivity contribution in [3.05, 3.63) is 59.4 Å². The SMILES string of the molecule is CN=C(NCC1(O)CCc2ccccc21)N(C)Cc1cccn1C. The van der Waals surface area contributed by atoms with Crippen molar-refractivity contribution in [1.29, 1.82) is 0 Å². The van der Waals surface area contributed by atoms with Crippen molar-refractivity contribution in [2.24, 2.45) is 12.0 Å². The average molecular weight is 326 g/mol. The van der Waals surface area contributed by atoms with E-state index in [0.29, 0.717) is 6.54 Å². The van der Waals surface area contributed by atoms with Crippen LogP contribution in [0.2, 0.25) is 0 Å². The number of hydrogen-bond donors (Lipinski definition) is 2. The second kappa shape index (κ2) is 6.69. The molecule has 24 heavy (non-hydrogen) atoms. The third kappa shape index (κ3) is 3.17. The van der Waals surface area contributed by atoms with E-state index in [9.17, 15) is 5.11 Å². The van der Waals surface area contributed by atoms with E-state index in [0.717, 1.165) is 30.9 Å². The molecule has 1 heterocycles. The molecule has 1 aromatic heterocycles. The van der Waals surface area contributed by atoms with Crippen molar-refractivity contribution in [1.82, 2.24) is 14.8 Å². The van der Waals surface area contributed by atoms with Gasteiger partial charge in [0.15, 0.2) is 5.96 Å². The molecule has 0 aliphatic heterocycles. The van der Waals surface area contributed by atoms with E-state index in [1.807, 2.05) is 44.6 Å². The van der Waals surface area contributed by atoms with Gasteiger partial charge in [-0.05, 0) is 36.1 Å². The number of aryl methyl sites for hydroxylation is 2. The molecule has 0 radical (unpaired) electrons. The summed E-state index contributed by atoms with van der Waals surface area (Å²) in [5.74, 6) is 0.786. The number of guanidine groups is 1. The third-order valence-electron chi connectivity index (χ3n) is 4.89. The molecule has 128 valence electrons. The summed E-state index contributed by atoms with van der Waals surface area (Å²) in [6.45, 7) is 1.23. The second-order valence-corrected chi connectivity index (χ2v) is 6.56. The number of aromatic nitrogens is 1. The van der Waals surface area contributed by atoms with Crippen LogP contribution in [-0.4, -0.2) is 41.2 Å². The van der Waals surface area contributed by atoms with Gasteiger partial charge in [-0.2, -0.15) is 0 Å². The Morgan fingerprint density at radius 1 is 1.33 bits per heavy atom. The number of fused-ring (bicyclic) bond motifs is 1. The minimum absolute atomic E-state index is 0.466. The fraction of sp³-hybridized carbons (Fsp3) is 0.421. The molecule has 5 nitrogen and oxygen atoms in total. The van der Waals surface area contributed by atoms with Crippen LogP contribution in [0.5, 0.6) is 0 Å². The number of hydrogen-bond acceptors (Lipinski definition) is 2. The Balaban J connectivity index is 1.65. The first kappa shape index (κ1) is 16.6. The van der Waals surface area contributed by atoms with Gasteiger partial charge in [-0.3, -0.25) is 4.99 Å². The number of nitrogens with zero attached hydrogens (tertiary/aromatic N) is 3. The normalized spacial score (nSPS) is 20.1. The highest BCUT2D eigenvalue weighted by molar-refractivity contribution is 5.79. The molecule has 0 bridgehead atoms. The summed E-state index contributed by atoms with van der Waals surface area (Å²) in [5, 5.41) is 14.4. The maximum atomic E-state index is 11.0. The molecule has 0 saturated heterocycles. The summed E-state index contributed by atoms with van der Waals surface area (Å²) in [6, 6.07) is 12.3. The van der Waals surface area contributed by atoms with Crippen LogP contribution in [0.4, 0.5) is 0 Å². The van der Waals surface area contributed by atoms with Crippen LogP contribution in [0.15, 0.2) is 47.6 Å². The largest absolute Gasteiger partial charge is 0.383 e. The van der Waals surface area contributed by atoms with Crippen LogP contribution in [0.3, 0.4) is 0 Å². The van der Waals surface area contributed by atoms with E-state index < -0.39 is 5.60 Å². The smallest absolute Gasteiger partial charge is 0.193 e. The zero-order chi connectivity index (χ0) is 17.2. The van der Waals surface area contributed by atoms with Gasteiger partial charge in [0, 0.05) is 33.0 Å². The zero-order valence-electron chi connectivity index (χ0n) is 14.7. The van der Waals surface area contributed by atoms with Gasteiger partial charge in [-0.1, -0.05) is 24.3 Å². The van der Waals surface area contributed by atoms with E-state index in [2.05, 4.69) is 31.9 Å². The molecular formula is C19H26N4O. The molecule has 0 saturated carbocycles. The molecule has 0 amide bonds. The molecular weight excluding hydrogens is 300 g/mol. The lowest BCUT2D eigenvalue weighted by atomic mass is 9.96. The molecule has 1 aliphatic carbocycles. The number of benzene rings is 1. The molecule has 1 aliphatic rings. The number of rotatable bonds is 4. The van der Waals surface area contributed by atoms with Crippen LogP contribution in [0.1, 0.15) is 23.2 Å². The van der Waals surface area contributed by atoms with Crippen molar-refractivity contribution >= 4 is 5.96 Å². The molecule has 3 rings (SSSR count). The predicted octanol–water partition coefficient (Wildman–Crippen LogP) is 1.87. The Kier molecular flexibility index (Phi) is 4.62. The molecule has 2 aromatic rings. The monoisotopic (exact) mass is 326 g/mol. The first-order chi connectivity index (χ1) is 11.5. The van der Waals surface area contributed by atoms with E-state index in [4.69, 9.17) is 0 Å². The predicted molar refractivity (Wildman–Crippen MR) is 96.9 cm³/mol. The van der Waals surface area contributed by atoms with Gasteiger partial charge >= 0.3 is 0 Å². The maximum absolute atomic E-state index is 11.0. The van der Waals surface area contributed by atoms with Crippen molar-refractivity contribution in [2.45, 2.75) is 25.0 Å². The van der Waals surface area contributed by atoms with Crippen LogP contribution in [0, 0.1) is 0 Å². The van der Waals surface area contributed by atoms with E-state index in [1.165, 1.54) is 11.3 Å². The molecule has 1 unspecified atom stereocenters. The van der Waals surface area contributed by atoms with Crippen LogP contribution in [-0.2, 0) is 25.6 Å². The summed E-state index contributed by atoms with van der Waals surface area (Å²) in [7, 11) is 5.82. The van der Waals surface area contributed by atoms with Gasteiger partial charge in [0.25, 0.3) is 0 Å². The third-order valence-corrected chi connectivity index (χ3v) is 4.89. The van der Waals surface area contributed by atoms with Gasteiger partial charge in [-0.25, -0.2) is 0 Å². The van der Waals surface area contributed by atoms with Gasteiger partial charge in [-0.15, -0.1) is 0 Å². The molecule has 0 spiro atoms. The van der Waals surface area contributed by atoms with Crippen LogP contribution >= 0.6 is 0 Å². The van der Waals surface area contributed by atoms with E-state index >= 15 is 0 Å². The Labute approximate surface area is 143 Å². The van der Waals surface area contributed by atoms with Crippen molar-refractivity contribution in [2.75, 3.05) is 20.6 Å². The first-order valence-electron chi connectivity index (χ1n) is 8.36. The van der Waals surface area contributed by atoms with Crippen molar-refractivity contribution < 1.29 is 5.11 Å². The first-order valence-corrected chi connectivity index (χ1v) is 8.36. The number of aliphatic imine (C=N–C) groups is 1. The van der Waals surface area contributed by atoms with E-state index in [-0.39, 0.29) is 0 Å². The molecule has 0 fully saturated rings. The fourth-order valence-electron chi connectivity index (χ4n) is 3.44. The Morgan fingerprint density at radius 3 is 2.83 bits per heavy atom. The zero-order valence-corrected chi connectivity index (χ0v) is 14.7. The lowest BCUT2D eigenvalue weighted by Crippen LogP contribution is -2.45. The summed E-state index contributed by atoms with van der Waals surface area (Å²) in [4.78, 5) is 6.43. The highest BCUT2D eigenvalue weighted by Crippen LogP contribution is 2.36. The molecule has 1 atom stereocenters. The van der Waals surface area contributed by atoms with Crippen LogP contribution in [0.25, 0.3) is 0 Å². The average Bonchev–Trinajstić information content (AvgIpc) is 3.13. The highest BCUT2D eigenvalue weighted by Gasteiger charge is 2.36. The summed E-state index contributed by atoms with van der Waals surface area (Å²) >= 11 is 0. The number of aliphatic hydroxyl groups is 1. The molecule has 1 aromatic carbocycles. The lowest BCUT2D eigenvalue weighted by Gasteiger charge is -2.28. The summed E-state index contributed by atoms with van der Waals surface area (Å²) in [5.41, 5.74) is 2.68. The topological polar surface area (TPSA) is 52.8 Å². The van der Waals surface area contributed by atoms with E-state index in [1.54, 1.807) is 7.05 Å². The molecule has 5 heteroatoms. The Bertz CT molecular complexity index is 736. The Morgan fingerprint density at radius 2 is 2.12 bits per heavy atom.